The highest BCUT2D eigenvalue weighted by molar-refractivity contribution is 6.28. The second-order valence-electron chi connectivity index (χ2n) is 4.11. The van der Waals surface area contributed by atoms with Crippen LogP contribution in [0.1, 0.15) is 45.4 Å². The van der Waals surface area contributed by atoms with Crippen LogP contribution in [0.2, 0.25) is 5.28 Å². The molecule has 0 bridgehead atoms. The molecule has 1 aromatic heterocycles. The Labute approximate surface area is 108 Å². The van der Waals surface area contributed by atoms with Crippen molar-refractivity contribution >= 4 is 11.6 Å². The second-order valence-corrected chi connectivity index (χ2v) is 4.44. The summed E-state index contributed by atoms with van der Waals surface area (Å²) in [6, 6.07) is 0. The Balaban J connectivity index is 2.27. The van der Waals surface area contributed by atoms with E-state index in [-0.39, 0.29) is 0 Å². The Kier molecular flexibility index (Phi) is 7.21. The highest BCUT2D eigenvalue weighted by Gasteiger charge is 2.08. The van der Waals surface area contributed by atoms with Crippen LogP contribution in [0.3, 0.4) is 0 Å². The molecule has 0 fully saturated rings. The molecule has 0 aliphatic heterocycles. The van der Waals surface area contributed by atoms with E-state index in [9.17, 15) is 0 Å². The van der Waals surface area contributed by atoms with Gasteiger partial charge in [0.1, 0.15) is 5.82 Å². The van der Waals surface area contributed by atoms with Gasteiger partial charge < -0.3 is 9.30 Å². The number of ether oxygens (including phenoxy) is 1. The van der Waals surface area contributed by atoms with E-state index in [1.165, 1.54) is 6.42 Å². The lowest BCUT2D eigenvalue weighted by atomic mass is 10.3. The summed E-state index contributed by atoms with van der Waals surface area (Å²) in [6.45, 7) is 6.76. The molecule has 0 aliphatic carbocycles. The van der Waals surface area contributed by atoms with Gasteiger partial charge in [0.15, 0.2) is 0 Å². The minimum absolute atomic E-state index is 0.488. The molecule has 5 heteroatoms. The molecule has 17 heavy (non-hydrogen) atoms. The third-order valence-electron chi connectivity index (χ3n) is 2.57. The molecule has 0 spiro atoms. The van der Waals surface area contributed by atoms with E-state index in [0.717, 1.165) is 51.3 Å². The maximum Gasteiger partial charge on any atom is 0.225 e. The maximum atomic E-state index is 5.99. The normalized spacial score (nSPS) is 11.0. The largest absolute Gasteiger partial charge is 0.381 e. The Morgan fingerprint density at radius 1 is 1.12 bits per heavy atom. The van der Waals surface area contributed by atoms with Gasteiger partial charge in [-0.1, -0.05) is 20.3 Å². The van der Waals surface area contributed by atoms with E-state index in [1.54, 1.807) is 0 Å². The summed E-state index contributed by atoms with van der Waals surface area (Å²) >= 11 is 5.99. The number of unbranched alkanes of at least 4 members (excludes halogenated alkanes) is 1. The van der Waals surface area contributed by atoms with Crippen LogP contribution in [0.15, 0.2) is 0 Å². The Hall–Kier alpha value is -0.610. The zero-order chi connectivity index (χ0) is 12.5. The van der Waals surface area contributed by atoms with Crippen LogP contribution in [-0.4, -0.2) is 28.0 Å². The zero-order valence-electron chi connectivity index (χ0n) is 10.8. The van der Waals surface area contributed by atoms with E-state index in [1.807, 2.05) is 4.57 Å². The van der Waals surface area contributed by atoms with Crippen molar-refractivity contribution in [3.63, 3.8) is 0 Å². The van der Waals surface area contributed by atoms with Crippen LogP contribution in [0, 0.1) is 0 Å². The SMILES string of the molecule is CCCCOCCCn1c(Cl)nnc1CCC. The number of halogens is 1. The van der Waals surface area contributed by atoms with Crippen LogP contribution in [-0.2, 0) is 17.7 Å². The van der Waals surface area contributed by atoms with Crippen LogP contribution in [0.25, 0.3) is 0 Å². The molecule has 0 radical (unpaired) electrons. The summed E-state index contributed by atoms with van der Waals surface area (Å²) in [5, 5.41) is 8.46. The third-order valence-corrected chi connectivity index (χ3v) is 2.85. The van der Waals surface area contributed by atoms with Crippen molar-refractivity contribution in [2.75, 3.05) is 13.2 Å². The van der Waals surface area contributed by atoms with Gasteiger partial charge >= 0.3 is 0 Å². The molecule has 0 aromatic carbocycles. The lowest BCUT2D eigenvalue weighted by Crippen LogP contribution is -2.07. The number of hydrogen-bond donors (Lipinski definition) is 0. The second kappa shape index (κ2) is 8.48. The smallest absolute Gasteiger partial charge is 0.225 e. The lowest BCUT2D eigenvalue weighted by Gasteiger charge is -2.07. The Morgan fingerprint density at radius 2 is 1.88 bits per heavy atom. The molecule has 1 rings (SSSR count). The molecule has 98 valence electrons. The number of rotatable bonds is 9. The predicted molar refractivity (Wildman–Crippen MR) is 69.4 cm³/mol. The first-order valence-corrected chi connectivity index (χ1v) is 6.82. The Morgan fingerprint density at radius 3 is 2.59 bits per heavy atom. The van der Waals surface area contributed by atoms with Gasteiger partial charge in [-0.2, -0.15) is 0 Å². The highest BCUT2D eigenvalue weighted by Crippen LogP contribution is 2.10. The molecule has 0 aliphatic rings. The fourth-order valence-electron chi connectivity index (χ4n) is 1.62. The van der Waals surface area contributed by atoms with Gasteiger partial charge in [-0.15, -0.1) is 10.2 Å². The van der Waals surface area contributed by atoms with Crippen molar-refractivity contribution < 1.29 is 4.74 Å². The first kappa shape index (κ1) is 14.5. The van der Waals surface area contributed by atoms with E-state index in [2.05, 4.69) is 24.0 Å². The van der Waals surface area contributed by atoms with Crippen molar-refractivity contribution in [2.24, 2.45) is 0 Å². The summed E-state index contributed by atoms with van der Waals surface area (Å²) in [6.07, 6.45) is 5.25. The summed E-state index contributed by atoms with van der Waals surface area (Å²) in [4.78, 5) is 0. The molecule has 0 unspecified atom stereocenters. The van der Waals surface area contributed by atoms with Gasteiger partial charge in [-0.3, -0.25) is 0 Å². The van der Waals surface area contributed by atoms with E-state index in [0.29, 0.717) is 5.28 Å². The number of aryl methyl sites for hydroxylation is 1. The lowest BCUT2D eigenvalue weighted by molar-refractivity contribution is 0.126. The van der Waals surface area contributed by atoms with Crippen LogP contribution >= 0.6 is 11.6 Å². The van der Waals surface area contributed by atoms with Crippen molar-refractivity contribution in [3.05, 3.63) is 11.1 Å². The van der Waals surface area contributed by atoms with Gasteiger partial charge in [-0.25, -0.2) is 0 Å². The fourth-order valence-corrected chi connectivity index (χ4v) is 1.84. The van der Waals surface area contributed by atoms with Crippen molar-refractivity contribution in [2.45, 2.75) is 52.5 Å². The molecule has 0 amide bonds. The maximum absolute atomic E-state index is 5.99. The average molecular weight is 260 g/mol. The standard InChI is InChI=1S/C12H22ClN3O/c1-3-5-9-17-10-6-8-16-11(7-4-2)14-15-12(16)13/h3-10H2,1-2H3. The fraction of sp³-hybridized carbons (Fsp3) is 0.833. The molecule has 0 saturated carbocycles. The van der Waals surface area contributed by atoms with Crippen molar-refractivity contribution in [3.8, 4) is 0 Å². The summed E-state index contributed by atoms with van der Waals surface area (Å²) in [5.74, 6) is 0.978. The van der Waals surface area contributed by atoms with Crippen molar-refractivity contribution in [1.29, 1.82) is 0 Å². The van der Waals surface area contributed by atoms with Gasteiger partial charge in [0.2, 0.25) is 5.28 Å². The molecular weight excluding hydrogens is 238 g/mol. The van der Waals surface area contributed by atoms with Gasteiger partial charge in [0.05, 0.1) is 0 Å². The molecular formula is C12H22ClN3O. The number of aromatic nitrogens is 3. The average Bonchev–Trinajstić information content (AvgIpc) is 2.66. The quantitative estimate of drug-likeness (QED) is 0.640. The summed E-state index contributed by atoms with van der Waals surface area (Å²) < 4.78 is 7.50. The monoisotopic (exact) mass is 259 g/mol. The minimum Gasteiger partial charge on any atom is -0.381 e. The van der Waals surface area contributed by atoms with Crippen LogP contribution in [0.5, 0.6) is 0 Å². The third kappa shape index (κ3) is 5.04. The molecule has 0 N–H and O–H groups in total. The molecule has 1 heterocycles. The first-order chi connectivity index (χ1) is 8.29. The Bertz CT molecular complexity index is 315. The van der Waals surface area contributed by atoms with Gasteiger partial charge in [0, 0.05) is 26.2 Å². The first-order valence-electron chi connectivity index (χ1n) is 6.44. The van der Waals surface area contributed by atoms with E-state index in [4.69, 9.17) is 16.3 Å². The summed E-state index contributed by atoms with van der Waals surface area (Å²) in [7, 11) is 0. The van der Waals surface area contributed by atoms with Crippen LogP contribution < -0.4 is 0 Å². The summed E-state index contributed by atoms with van der Waals surface area (Å²) in [5.41, 5.74) is 0. The minimum atomic E-state index is 0.488. The molecule has 0 saturated heterocycles. The van der Waals surface area contributed by atoms with E-state index >= 15 is 0 Å². The molecule has 0 atom stereocenters. The predicted octanol–water partition coefficient (Wildman–Crippen LogP) is 3.09. The molecule has 1 aromatic rings. The van der Waals surface area contributed by atoms with Gasteiger partial charge in [0.25, 0.3) is 0 Å². The topological polar surface area (TPSA) is 39.9 Å². The van der Waals surface area contributed by atoms with Crippen molar-refractivity contribution in [1.82, 2.24) is 14.8 Å². The highest BCUT2D eigenvalue weighted by atomic mass is 35.5. The van der Waals surface area contributed by atoms with Gasteiger partial charge in [-0.05, 0) is 30.9 Å². The molecule has 4 nitrogen and oxygen atoms in total. The zero-order valence-corrected chi connectivity index (χ0v) is 11.5. The van der Waals surface area contributed by atoms with E-state index < -0.39 is 0 Å². The number of hydrogen-bond acceptors (Lipinski definition) is 3. The number of nitrogens with zero attached hydrogens (tertiary/aromatic N) is 3. The van der Waals surface area contributed by atoms with Crippen LogP contribution in [0.4, 0.5) is 0 Å².